The number of aromatic nitrogens is 1. The molecule has 0 unspecified atom stereocenters. The molecule has 84 valence electrons. The lowest BCUT2D eigenvalue weighted by Gasteiger charge is -2.25. The fourth-order valence-corrected chi connectivity index (χ4v) is 3.39. The predicted molar refractivity (Wildman–Crippen MR) is 63.1 cm³/mol. The second-order valence-electron chi connectivity index (χ2n) is 3.40. The fraction of sp³-hybridized carbons (Fsp3) is 0.625. The third-order valence-electron chi connectivity index (χ3n) is 2.33. The molecule has 2 heterocycles. The van der Waals surface area contributed by atoms with E-state index < -0.39 is 10.8 Å². The second kappa shape index (κ2) is 5.02. The Morgan fingerprint density at radius 2 is 2.33 bits per heavy atom. The van der Waals surface area contributed by atoms with Gasteiger partial charge in [-0.3, -0.25) is 14.5 Å². The van der Waals surface area contributed by atoms with Crippen molar-refractivity contribution in [2.24, 2.45) is 5.84 Å². The molecule has 1 saturated heterocycles. The zero-order valence-electron chi connectivity index (χ0n) is 8.31. The summed E-state index contributed by atoms with van der Waals surface area (Å²) in [5, 5.41) is 0.741. The highest BCUT2D eigenvalue weighted by molar-refractivity contribution is 7.85. The van der Waals surface area contributed by atoms with Gasteiger partial charge in [-0.25, -0.2) is 10.8 Å². The van der Waals surface area contributed by atoms with E-state index in [0.29, 0.717) is 0 Å². The molecule has 0 bridgehead atoms. The first-order valence-corrected chi connectivity index (χ1v) is 7.07. The largest absolute Gasteiger partial charge is 0.300 e. The highest BCUT2D eigenvalue weighted by Gasteiger charge is 2.15. The number of thiazole rings is 1. The molecule has 7 heteroatoms. The van der Waals surface area contributed by atoms with E-state index in [1.54, 1.807) is 11.3 Å². The molecule has 1 fully saturated rings. The minimum Gasteiger partial charge on any atom is -0.300 e. The molecule has 5 nitrogen and oxygen atoms in total. The maximum Gasteiger partial charge on any atom is 0.197 e. The quantitative estimate of drug-likeness (QED) is 0.580. The van der Waals surface area contributed by atoms with E-state index in [-0.39, 0.29) is 0 Å². The maximum absolute atomic E-state index is 11.2. The highest BCUT2D eigenvalue weighted by atomic mass is 32.2. The average molecular weight is 246 g/mol. The van der Waals surface area contributed by atoms with Gasteiger partial charge in [-0.05, 0) is 0 Å². The zero-order chi connectivity index (χ0) is 10.7. The molecule has 1 aliphatic heterocycles. The Morgan fingerprint density at radius 3 is 2.93 bits per heavy atom. The van der Waals surface area contributed by atoms with Gasteiger partial charge in [0.1, 0.15) is 0 Å². The van der Waals surface area contributed by atoms with Crippen molar-refractivity contribution in [3.8, 4) is 0 Å². The van der Waals surface area contributed by atoms with Crippen molar-refractivity contribution in [2.75, 3.05) is 30.0 Å². The number of nitrogens with one attached hydrogen (secondary N) is 1. The summed E-state index contributed by atoms with van der Waals surface area (Å²) in [5.41, 5.74) is 2.53. The lowest BCUT2D eigenvalue weighted by molar-refractivity contribution is 0.294. The minimum atomic E-state index is -0.602. The molecule has 0 aliphatic carbocycles. The summed E-state index contributed by atoms with van der Waals surface area (Å²) in [4.78, 5) is 7.60. The van der Waals surface area contributed by atoms with Crippen LogP contribution in [0.15, 0.2) is 6.20 Å². The molecule has 0 amide bonds. The number of hydrogen-bond donors (Lipinski definition) is 2. The van der Waals surface area contributed by atoms with Crippen molar-refractivity contribution in [1.82, 2.24) is 9.88 Å². The van der Waals surface area contributed by atoms with Crippen LogP contribution in [0.1, 0.15) is 4.88 Å². The SMILES string of the molecule is NNc1ncc(CN2CCS(=O)CC2)s1. The molecular weight excluding hydrogens is 232 g/mol. The first-order chi connectivity index (χ1) is 7.28. The van der Waals surface area contributed by atoms with E-state index in [1.807, 2.05) is 6.20 Å². The van der Waals surface area contributed by atoms with Crippen molar-refractivity contribution >= 4 is 27.3 Å². The van der Waals surface area contributed by atoms with E-state index in [9.17, 15) is 4.21 Å². The average Bonchev–Trinajstić information content (AvgIpc) is 2.69. The van der Waals surface area contributed by atoms with Crippen LogP contribution in [0.2, 0.25) is 0 Å². The van der Waals surface area contributed by atoms with Gasteiger partial charge in [0.15, 0.2) is 5.13 Å². The Kier molecular flexibility index (Phi) is 3.68. The summed E-state index contributed by atoms with van der Waals surface area (Å²) >= 11 is 1.56. The Bertz CT molecular complexity index is 344. The van der Waals surface area contributed by atoms with Gasteiger partial charge in [-0.1, -0.05) is 11.3 Å². The van der Waals surface area contributed by atoms with E-state index in [1.165, 1.54) is 4.88 Å². The van der Waals surface area contributed by atoms with Crippen LogP contribution < -0.4 is 11.3 Å². The van der Waals surface area contributed by atoms with Gasteiger partial charge < -0.3 is 0 Å². The lowest BCUT2D eigenvalue weighted by atomic mass is 10.4. The number of hydrogen-bond acceptors (Lipinski definition) is 6. The Morgan fingerprint density at radius 1 is 1.60 bits per heavy atom. The Labute approximate surface area is 95.1 Å². The number of rotatable bonds is 3. The van der Waals surface area contributed by atoms with E-state index in [2.05, 4.69) is 15.3 Å². The number of nitrogens with two attached hydrogens (primary N) is 1. The van der Waals surface area contributed by atoms with Crippen LogP contribution in [0.4, 0.5) is 5.13 Å². The normalized spacial score (nSPS) is 19.3. The van der Waals surface area contributed by atoms with Gasteiger partial charge in [0.2, 0.25) is 0 Å². The molecule has 0 atom stereocenters. The second-order valence-corrected chi connectivity index (χ2v) is 6.21. The molecule has 1 aromatic heterocycles. The van der Waals surface area contributed by atoms with E-state index >= 15 is 0 Å². The molecule has 15 heavy (non-hydrogen) atoms. The number of nitrogen functional groups attached to an aromatic ring is 1. The van der Waals surface area contributed by atoms with E-state index in [0.717, 1.165) is 36.3 Å². The smallest absolute Gasteiger partial charge is 0.197 e. The molecule has 1 aromatic rings. The minimum absolute atomic E-state index is 0.602. The third-order valence-corrected chi connectivity index (χ3v) is 4.52. The van der Waals surface area contributed by atoms with Crippen LogP contribution in [0.25, 0.3) is 0 Å². The molecule has 0 radical (unpaired) electrons. The van der Waals surface area contributed by atoms with Crippen LogP contribution in [-0.4, -0.2) is 38.7 Å². The highest BCUT2D eigenvalue weighted by Crippen LogP contribution is 2.19. The Balaban J connectivity index is 1.88. The summed E-state index contributed by atoms with van der Waals surface area (Å²) in [7, 11) is -0.602. The van der Waals surface area contributed by atoms with Gasteiger partial charge in [0, 0.05) is 53.0 Å². The van der Waals surface area contributed by atoms with Gasteiger partial charge >= 0.3 is 0 Å². The molecule has 1 aliphatic rings. The monoisotopic (exact) mass is 246 g/mol. The molecular formula is C8H14N4OS2. The zero-order valence-corrected chi connectivity index (χ0v) is 9.94. The summed E-state index contributed by atoms with van der Waals surface area (Å²) in [6.07, 6.45) is 1.84. The molecule has 0 spiro atoms. The summed E-state index contributed by atoms with van der Waals surface area (Å²) < 4.78 is 11.2. The molecule has 2 rings (SSSR count). The number of anilines is 1. The van der Waals surface area contributed by atoms with Gasteiger partial charge in [0.25, 0.3) is 0 Å². The Hall–Kier alpha value is -0.500. The van der Waals surface area contributed by atoms with Crippen molar-refractivity contribution < 1.29 is 4.21 Å². The maximum atomic E-state index is 11.2. The van der Waals surface area contributed by atoms with E-state index in [4.69, 9.17) is 5.84 Å². The van der Waals surface area contributed by atoms with Crippen LogP contribution in [-0.2, 0) is 17.3 Å². The van der Waals surface area contributed by atoms with Crippen molar-refractivity contribution in [3.05, 3.63) is 11.1 Å². The predicted octanol–water partition coefficient (Wildman–Crippen LogP) is -0.00700. The van der Waals surface area contributed by atoms with Crippen molar-refractivity contribution in [1.29, 1.82) is 0 Å². The summed E-state index contributed by atoms with van der Waals surface area (Å²) in [6, 6.07) is 0. The van der Waals surface area contributed by atoms with Crippen LogP contribution in [0, 0.1) is 0 Å². The van der Waals surface area contributed by atoms with Crippen LogP contribution in [0.3, 0.4) is 0 Å². The fourth-order valence-electron chi connectivity index (χ4n) is 1.50. The lowest BCUT2D eigenvalue weighted by Crippen LogP contribution is -2.36. The molecule has 0 saturated carbocycles. The van der Waals surface area contributed by atoms with Crippen molar-refractivity contribution in [2.45, 2.75) is 6.54 Å². The van der Waals surface area contributed by atoms with Crippen LogP contribution >= 0.6 is 11.3 Å². The topological polar surface area (TPSA) is 71.2 Å². The molecule has 0 aromatic carbocycles. The third kappa shape index (κ3) is 2.97. The standard InChI is InChI=1S/C8H14N4OS2/c9-11-8-10-5-7(14-8)6-12-1-3-15(13)4-2-12/h5H,1-4,6,9H2,(H,10,11). The first kappa shape index (κ1) is 11.0. The van der Waals surface area contributed by atoms with Gasteiger partial charge in [-0.15, -0.1) is 0 Å². The van der Waals surface area contributed by atoms with Crippen LogP contribution in [0.5, 0.6) is 0 Å². The van der Waals surface area contributed by atoms with Gasteiger partial charge in [0.05, 0.1) is 0 Å². The summed E-state index contributed by atoms with van der Waals surface area (Å²) in [6.45, 7) is 2.71. The van der Waals surface area contributed by atoms with Crippen molar-refractivity contribution in [3.63, 3.8) is 0 Å². The molecule has 3 N–H and O–H groups in total. The summed E-state index contributed by atoms with van der Waals surface area (Å²) in [5.74, 6) is 6.84. The number of nitrogens with zero attached hydrogens (tertiary/aromatic N) is 2. The number of hydrazine groups is 1. The van der Waals surface area contributed by atoms with Gasteiger partial charge in [-0.2, -0.15) is 0 Å². The first-order valence-electron chi connectivity index (χ1n) is 4.76.